The van der Waals surface area contributed by atoms with Gasteiger partial charge in [-0.05, 0) is 76.5 Å². The number of benzene rings is 1. The van der Waals surface area contributed by atoms with Crippen LogP contribution in [0.15, 0.2) is 24.3 Å². The van der Waals surface area contributed by atoms with Gasteiger partial charge in [0.25, 0.3) is 0 Å². The largest absolute Gasteiger partial charge is 0.444 e. The number of carbonyl (C=O) groups excluding carboxylic acids is 2. The minimum Gasteiger partial charge on any atom is -0.444 e. The molecule has 1 heterocycles. The first kappa shape index (κ1) is 18.7. The number of hydrogen-bond donors (Lipinski definition) is 1. The predicted molar refractivity (Wildman–Crippen MR) is 102 cm³/mol. The van der Waals surface area contributed by atoms with E-state index in [9.17, 15) is 9.59 Å². The van der Waals surface area contributed by atoms with Crippen LogP contribution in [-0.4, -0.2) is 35.1 Å². The Morgan fingerprint density at radius 1 is 1.12 bits per heavy atom. The molecule has 1 N–H and O–H groups in total. The standard InChI is InChI=1S/C21H30N2O3/c1-21(2,3)26-20(25)22-17-10-6-15(7-11-17)16-8-12-18(13-9-16)23-14-4-5-19(23)24/h6-7,10-11,16,18H,4-5,8-9,12-14H2,1-3H3,(H,22,25). The third kappa shape index (κ3) is 4.77. The Balaban J connectivity index is 1.51. The van der Waals surface area contributed by atoms with Crippen molar-refractivity contribution in [2.75, 3.05) is 11.9 Å². The molecule has 2 fully saturated rings. The Morgan fingerprint density at radius 3 is 2.31 bits per heavy atom. The van der Waals surface area contributed by atoms with E-state index >= 15 is 0 Å². The highest BCUT2D eigenvalue weighted by atomic mass is 16.6. The van der Waals surface area contributed by atoms with Gasteiger partial charge in [-0.25, -0.2) is 4.79 Å². The molecule has 1 aliphatic carbocycles. The van der Waals surface area contributed by atoms with E-state index in [2.05, 4.69) is 22.3 Å². The smallest absolute Gasteiger partial charge is 0.412 e. The fraction of sp³-hybridized carbons (Fsp3) is 0.619. The van der Waals surface area contributed by atoms with E-state index in [1.807, 2.05) is 32.9 Å². The van der Waals surface area contributed by atoms with Gasteiger partial charge in [0.2, 0.25) is 5.91 Å². The first-order valence-corrected chi connectivity index (χ1v) is 9.71. The number of likely N-dealkylation sites (tertiary alicyclic amines) is 1. The topological polar surface area (TPSA) is 58.6 Å². The zero-order valence-electron chi connectivity index (χ0n) is 16.1. The van der Waals surface area contributed by atoms with E-state index in [0.29, 0.717) is 17.9 Å². The maximum atomic E-state index is 11.9. The van der Waals surface area contributed by atoms with Crippen molar-refractivity contribution in [3.63, 3.8) is 0 Å². The zero-order valence-corrected chi connectivity index (χ0v) is 16.1. The minimum absolute atomic E-state index is 0.339. The predicted octanol–water partition coefficient (Wildman–Crippen LogP) is 4.68. The second-order valence-corrected chi connectivity index (χ2v) is 8.45. The van der Waals surface area contributed by atoms with E-state index in [4.69, 9.17) is 4.74 Å². The van der Waals surface area contributed by atoms with Gasteiger partial charge < -0.3 is 9.64 Å². The molecule has 5 nitrogen and oxygen atoms in total. The van der Waals surface area contributed by atoms with Crippen LogP contribution in [-0.2, 0) is 9.53 Å². The average Bonchev–Trinajstić information content (AvgIpc) is 3.00. The summed E-state index contributed by atoms with van der Waals surface area (Å²) in [4.78, 5) is 25.9. The van der Waals surface area contributed by atoms with Crippen LogP contribution < -0.4 is 5.32 Å². The van der Waals surface area contributed by atoms with Crippen LogP contribution in [0.3, 0.4) is 0 Å². The van der Waals surface area contributed by atoms with E-state index in [1.54, 1.807) is 0 Å². The third-order valence-electron chi connectivity index (χ3n) is 5.27. The molecule has 1 aliphatic heterocycles. The maximum absolute atomic E-state index is 11.9. The molecule has 0 radical (unpaired) electrons. The molecule has 0 aromatic heterocycles. The number of carbonyl (C=O) groups is 2. The van der Waals surface area contributed by atoms with Gasteiger partial charge in [0.1, 0.15) is 5.60 Å². The van der Waals surface area contributed by atoms with Crippen LogP contribution in [0.1, 0.15) is 70.8 Å². The Hall–Kier alpha value is -2.04. The van der Waals surface area contributed by atoms with E-state index in [-0.39, 0.29) is 0 Å². The Morgan fingerprint density at radius 2 is 1.77 bits per heavy atom. The highest BCUT2D eigenvalue weighted by Gasteiger charge is 2.31. The SMILES string of the molecule is CC(C)(C)OC(=O)Nc1ccc(C2CCC(N3CCCC3=O)CC2)cc1. The number of ether oxygens (including phenoxy) is 1. The molecule has 0 bridgehead atoms. The Bertz CT molecular complexity index is 640. The number of nitrogens with zero attached hydrogens (tertiary/aromatic N) is 1. The van der Waals surface area contributed by atoms with Crippen LogP contribution in [0, 0.1) is 0 Å². The lowest BCUT2D eigenvalue weighted by Gasteiger charge is -2.34. The molecular weight excluding hydrogens is 328 g/mol. The zero-order chi connectivity index (χ0) is 18.7. The summed E-state index contributed by atoms with van der Waals surface area (Å²) >= 11 is 0. The van der Waals surface area contributed by atoms with Crippen LogP contribution in [0.25, 0.3) is 0 Å². The first-order valence-electron chi connectivity index (χ1n) is 9.71. The van der Waals surface area contributed by atoms with Crippen LogP contribution in [0.2, 0.25) is 0 Å². The van der Waals surface area contributed by atoms with Crippen molar-refractivity contribution in [1.29, 1.82) is 0 Å². The monoisotopic (exact) mass is 358 g/mol. The molecule has 1 saturated heterocycles. The lowest BCUT2D eigenvalue weighted by Crippen LogP contribution is -2.38. The van der Waals surface area contributed by atoms with Crippen molar-refractivity contribution < 1.29 is 14.3 Å². The summed E-state index contributed by atoms with van der Waals surface area (Å²) in [6, 6.07) is 8.51. The fourth-order valence-corrected chi connectivity index (χ4v) is 4.04. The van der Waals surface area contributed by atoms with Gasteiger partial charge >= 0.3 is 6.09 Å². The normalized spacial score (nSPS) is 23.8. The maximum Gasteiger partial charge on any atom is 0.412 e. The number of rotatable bonds is 3. The van der Waals surface area contributed by atoms with E-state index in [1.165, 1.54) is 5.56 Å². The molecule has 2 aliphatic rings. The molecule has 3 rings (SSSR count). The lowest BCUT2D eigenvalue weighted by molar-refractivity contribution is -0.130. The molecular formula is C21H30N2O3. The highest BCUT2D eigenvalue weighted by molar-refractivity contribution is 5.84. The van der Waals surface area contributed by atoms with Crippen molar-refractivity contribution in [2.45, 2.75) is 76.9 Å². The molecule has 26 heavy (non-hydrogen) atoms. The molecule has 1 saturated carbocycles. The van der Waals surface area contributed by atoms with Gasteiger partial charge in [-0.15, -0.1) is 0 Å². The second kappa shape index (κ2) is 7.68. The van der Waals surface area contributed by atoms with Crippen molar-refractivity contribution >= 4 is 17.7 Å². The molecule has 2 amide bonds. The summed E-state index contributed by atoms with van der Waals surface area (Å²) in [5, 5.41) is 2.77. The summed E-state index contributed by atoms with van der Waals surface area (Å²) < 4.78 is 5.28. The highest BCUT2D eigenvalue weighted by Crippen LogP contribution is 2.36. The minimum atomic E-state index is -0.501. The van der Waals surface area contributed by atoms with Crippen molar-refractivity contribution in [2.24, 2.45) is 0 Å². The number of hydrogen-bond acceptors (Lipinski definition) is 3. The number of anilines is 1. The van der Waals surface area contributed by atoms with Gasteiger partial charge in [-0.2, -0.15) is 0 Å². The summed E-state index contributed by atoms with van der Waals surface area (Å²) in [6.45, 7) is 6.49. The molecule has 0 atom stereocenters. The first-order chi connectivity index (χ1) is 12.3. The summed E-state index contributed by atoms with van der Waals surface area (Å²) in [7, 11) is 0. The fourth-order valence-electron chi connectivity index (χ4n) is 4.04. The average molecular weight is 358 g/mol. The Labute approximate surface area is 156 Å². The van der Waals surface area contributed by atoms with Crippen LogP contribution >= 0.6 is 0 Å². The summed E-state index contributed by atoms with van der Waals surface area (Å²) in [6.07, 6.45) is 5.74. The molecule has 142 valence electrons. The second-order valence-electron chi connectivity index (χ2n) is 8.45. The van der Waals surface area contributed by atoms with Gasteiger partial charge in [0.05, 0.1) is 0 Å². The van der Waals surface area contributed by atoms with Gasteiger partial charge in [-0.3, -0.25) is 10.1 Å². The van der Waals surface area contributed by atoms with Crippen molar-refractivity contribution in [3.05, 3.63) is 29.8 Å². The summed E-state index contributed by atoms with van der Waals surface area (Å²) in [5.74, 6) is 0.880. The molecule has 0 unspecified atom stereocenters. The lowest BCUT2D eigenvalue weighted by atomic mass is 9.81. The van der Waals surface area contributed by atoms with Gasteiger partial charge in [-0.1, -0.05) is 12.1 Å². The van der Waals surface area contributed by atoms with E-state index in [0.717, 1.165) is 50.8 Å². The number of amides is 2. The van der Waals surface area contributed by atoms with Crippen LogP contribution in [0.4, 0.5) is 10.5 Å². The third-order valence-corrected chi connectivity index (χ3v) is 5.27. The quantitative estimate of drug-likeness (QED) is 0.853. The summed E-state index contributed by atoms with van der Waals surface area (Å²) in [5.41, 5.74) is 1.56. The van der Waals surface area contributed by atoms with Gasteiger partial charge in [0.15, 0.2) is 0 Å². The van der Waals surface area contributed by atoms with E-state index < -0.39 is 11.7 Å². The molecule has 0 spiro atoms. The Kier molecular flexibility index (Phi) is 5.54. The van der Waals surface area contributed by atoms with Crippen molar-refractivity contribution in [1.82, 2.24) is 4.90 Å². The van der Waals surface area contributed by atoms with Crippen molar-refractivity contribution in [3.8, 4) is 0 Å². The number of nitrogens with one attached hydrogen (secondary N) is 1. The molecule has 5 heteroatoms. The van der Waals surface area contributed by atoms with Gasteiger partial charge in [0, 0.05) is 24.7 Å². The molecule has 1 aromatic rings. The molecule has 1 aromatic carbocycles. The van der Waals surface area contributed by atoms with Crippen LogP contribution in [0.5, 0.6) is 0 Å².